The van der Waals surface area contributed by atoms with E-state index < -0.39 is 10.0 Å². The lowest BCUT2D eigenvalue weighted by Crippen LogP contribution is -2.38. The van der Waals surface area contributed by atoms with Gasteiger partial charge in [0.25, 0.3) is 0 Å². The van der Waals surface area contributed by atoms with E-state index in [0.29, 0.717) is 15.4 Å². The van der Waals surface area contributed by atoms with Crippen LogP contribution in [-0.4, -0.2) is 37.0 Å². The minimum atomic E-state index is -3.72. The van der Waals surface area contributed by atoms with Gasteiger partial charge in [0.2, 0.25) is 10.0 Å². The molecule has 3 N–H and O–H groups in total. The molecule has 1 rings (SSSR count). The van der Waals surface area contributed by atoms with E-state index in [1.54, 1.807) is 26.0 Å². The summed E-state index contributed by atoms with van der Waals surface area (Å²) in [5.41, 5.74) is 6.04. The van der Waals surface area contributed by atoms with Gasteiger partial charge < -0.3 is 10.8 Å². The molecule has 0 aliphatic heterocycles. The lowest BCUT2D eigenvalue weighted by molar-refractivity contribution is 0.258. The zero-order valence-electron chi connectivity index (χ0n) is 11.3. The van der Waals surface area contributed by atoms with E-state index in [1.165, 1.54) is 4.31 Å². The fraction of sp³-hybridized carbons (Fsp3) is 0.500. The van der Waals surface area contributed by atoms with Crippen molar-refractivity contribution in [3.05, 3.63) is 21.1 Å². The van der Waals surface area contributed by atoms with Crippen LogP contribution in [0.1, 0.15) is 20.3 Å². The lowest BCUT2D eigenvalue weighted by atomic mass is 10.3. The number of hydrogen-bond acceptors (Lipinski definition) is 4. The van der Waals surface area contributed by atoms with Crippen molar-refractivity contribution in [1.82, 2.24) is 4.31 Å². The van der Waals surface area contributed by atoms with Crippen molar-refractivity contribution in [2.24, 2.45) is 0 Å². The van der Waals surface area contributed by atoms with Crippen molar-refractivity contribution in [3.8, 4) is 0 Å². The minimum absolute atomic E-state index is 0.0598. The molecule has 0 unspecified atom stereocenters. The Morgan fingerprint density at radius 1 is 1.35 bits per heavy atom. The van der Waals surface area contributed by atoms with E-state index >= 15 is 0 Å². The zero-order chi connectivity index (χ0) is 15.5. The number of nitrogens with zero attached hydrogens (tertiary/aromatic N) is 1. The van der Waals surface area contributed by atoms with Crippen LogP contribution in [0.5, 0.6) is 0 Å². The summed E-state index contributed by atoms with van der Waals surface area (Å²) in [6.45, 7) is 3.77. The van der Waals surface area contributed by atoms with Crippen LogP contribution in [0.15, 0.2) is 26.0 Å². The average Bonchev–Trinajstić information content (AvgIpc) is 2.26. The lowest BCUT2D eigenvalue weighted by Gasteiger charge is -2.26. The maximum absolute atomic E-state index is 12.8. The molecule has 0 atom stereocenters. The van der Waals surface area contributed by atoms with Gasteiger partial charge >= 0.3 is 0 Å². The summed E-state index contributed by atoms with van der Waals surface area (Å²) in [6, 6.07) is 2.98. The molecule has 0 radical (unpaired) electrons. The first kappa shape index (κ1) is 17.9. The number of nitrogen functional groups attached to an aromatic ring is 1. The Hall–Kier alpha value is -0.150. The molecule has 1 aromatic carbocycles. The highest BCUT2D eigenvalue weighted by Crippen LogP contribution is 2.34. The number of rotatable bonds is 6. The third-order valence-electron chi connectivity index (χ3n) is 2.72. The quantitative estimate of drug-likeness (QED) is 0.680. The van der Waals surface area contributed by atoms with Crippen molar-refractivity contribution in [2.75, 3.05) is 18.9 Å². The molecule has 114 valence electrons. The monoisotopic (exact) mass is 428 g/mol. The van der Waals surface area contributed by atoms with Gasteiger partial charge in [-0.15, -0.1) is 0 Å². The first-order valence-corrected chi connectivity index (χ1v) is 9.11. The second-order valence-electron chi connectivity index (χ2n) is 4.59. The molecule has 20 heavy (non-hydrogen) atoms. The van der Waals surface area contributed by atoms with Crippen LogP contribution >= 0.6 is 31.9 Å². The van der Waals surface area contributed by atoms with Gasteiger partial charge in [-0.05, 0) is 48.3 Å². The fourth-order valence-corrected chi connectivity index (χ4v) is 5.55. The Morgan fingerprint density at radius 2 is 1.95 bits per heavy atom. The number of sulfonamides is 1. The zero-order valence-corrected chi connectivity index (χ0v) is 15.3. The molecule has 0 aromatic heterocycles. The number of nitrogens with two attached hydrogens (primary N) is 1. The third kappa shape index (κ3) is 3.94. The van der Waals surface area contributed by atoms with E-state index in [-0.39, 0.29) is 29.8 Å². The van der Waals surface area contributed by atoms with Gasteiger partial charge in [0.1, 0.15) is 4.90 Å². The largest absolute Gasteiger partial charge is 0.398 e. The Kier molecular flexibility index (Phi) is 6.46. The third-order valence-corrected chi connectivity index (χ3v) is 6.26. The molecule has 0 bridgehead atoms. The summed E-state index contributed by atoms with van der Waals surface area (Å²) in [7, 11) is -3.72. The van der Waals surface area contributed by atoms with Crippen LogP contribution in [0.25, 0.3) is 0 Å². The highest BCUT2D eigenvalue weighted by Gasteiger charge is 2.30. The molecule has 0 aliphatic rings. The minimum Gasteiger partial charge on any atom is -0.398 e. The second kappa shape index (κ2) is 7.22. The Morgan fingerprint density at radius 3 is 2.40 bits per heavy atom. The fourth-order valence-electron chi connectivity index (χ4n) is 1.85. The molecular weight excluding hydrogens is 412 g/mol. The maximum Gasteiger partial charge on any atom is 0.246 e. The van der Waals surface area contributed by atoms with Crippen LogP contribution in [0.4, 0.5) is 5.69 Å². The first-order valence-electron chi connectivity index (χ1n) is 6.09. The van der Waals surface area contributed by atoms with Crippen molar-refractivity contribution >= 4 is 47.6 Å². The van der Waals surface area contributed by atoms with Crippen molar-refractivity contribution in [3.63, 3.8) is 0 Å². The van der Waals surface area contributed by atoms with Gasteiger partial charge in [-0.25, -0.2) is 8.42 Å². The van der Waals surface area contributed by atoms with Crippen molar-refractivity contribution in [2.45, 2.75) is 31.2 Å². The molecule has 0 amide bonds. The van der Waals surface area contributed by atoms with Gasteiger partial charge in [0, 0.05) is 28.1 Å². The van der Waals surface area contributed by atoms with Gasteiger partial charge in [-0.2, -0.15) is 4.31 Å². The van der Waals surface area contributed by atoms with Crippen molar-refractivity contribution in [1.29, 1.82) is 0 Å². The van der Waals surface area contributed by atoms with Crippen LogP contribution < -0.4 is 5.73 Å². The van der Waals surface area contributed by atoms with E-state index in [2.05, 4.69) is 31.9 Å². The summed E-state index contributed by atoms with van der Waals surface area (Å²) < 4.78 is 28.0. The molecule has 0 aliphatic carbocycles. The number of hydrogen-bond donors (Lipinski definition) is 2. The first-order chi connectivity index (χ1) is 9.21. The van der Waals surface area contributed by atoms with Gasteiger partial charge in [0.05, 0.1) is 5.69 Å². The molecule has 0 heterocycles. The number of halogens is 2. The van der Waals surface area contributed by atoms with E-state index in [0.717, 1.165) is 0 Å². The topological polar surface area (TPSA) is 83.6 Å². The SMILES string of the molecule is CC(C)N(CCCO)S(=O)(=O)c1c(N)cc(Br)cc1Br. The summed E-state index contributed by atoms with van der Waals surface area (Å²) in [5.74, 6) is 0. The van der Waals surface area contributed by atoms with Gasteiger partial charge in [0.15, 0.2) is 0 Å². The van der Waals surface area contributed by atoms with Gasteiger partial charge in [-0.1, -0.05) is 15.9 Å². The molecule has 5 nitrogen and oxygen atoms in total. The second-order valence-corrected chi connectivity index (χ2v) is 8.19. The van der Waals surface area contributed by atoms with E-state index in [1.807, 2.05) is 0 Å². The van der Waals surface area contributed by atoms with Crippen LogP contribution in [0.2, 0.25) is 0 Å². The Balaban J connectivity index is 3.34. The number of aliphatic hydroxyl groups is 1. The normalized spacial score (nSPS) is 12.3. The van der Waals surface area contributed by atoms with E-state index in [9.17, 15) is 8.42 Å². The summed E-state index contributed by atoms with van der Waals surface area (Å²) in [4.78, 5) is 0.0624. The van der Waals surface area contributed by atoms with Crippen LogP contribution in [-0.2, 0) is 10.0 Å². The maximum atomic E-state index is 12.8. The predicted molar refractivity (Wildman–Crippen MR) is 87.0 cm³/mol. The van der Waals surface area contributed by atoms with E-state index in [4.69, 9.17) is 10.8 Å². The van der Waals surface area contributed by atoms with Gasteiger partial charge in [-0.3, -0.25) is 0 Å². The Bertz CT molecular complexity index is 553. The summed E-state index contributed by atoms with van der Waals surface area (Å²) >= 11 is 6.52. The number of anilines is 1. The van der Waals surface area contributed by atoms with Crippen LogP contribution in [0, 0.1) is 0 Å². The highest BCUT2D eigenvalue weighted by atomic mass is 79.9. The highest BCUT2D eigenvalue weighted by molar-refractivity contribution is 9.11. The molecular formula is C12H18Br2N2O3S. The standard InChI is InChI=1S/C12H18Br2N2O3S/c1-8(2)16(4-3-5-17)20(18,19)12-10(14)6-9(13)7-11(12)15/h6-8,17H,3-5,15H2,1-2H3. The smallest absolute Gasteiger partial charge is 0.246 e. The van der Waals surface area contributed by atoms with Crippen molar-refractivity contribution < 1.29 is 13.5 Å². The molecule has 0 saturated heterocycles. The number of aliphatic hydroxyl groups excluding tert-OH is 1. The molecule has 1 aromatic rings. The molecule has 0 spiro atoms. The summed E-state index contributed by atoms with van der Waals surface area (Å²) in [5, 5.41) is 8.92. The molecule has 0 saturated carbocycles. The number of benzene rings is 1. The molecule has 8 heteroatoms. The summed E-state index contributed by atoms with van der Waals surface area (Å²) in [6.07, 6.45) is 0.380. The average molecular weight is 430 g/mol. The Labute approximate surface area is 136 Å². The molecule has 0 fully saturated rings. The van der Waals surface area contributed by atoms with Crippen LogP contribution in [0.3, 0.4) is 0 Å². The predicted octanol–water partition coefficient (Wildman–Crippen LogP) is 2.58.